The Hall–Kier alpha value is -1.43. The Morgan fingerprint density at radius 1 is 1.37 bits per heavy atom. The van der Waals surface area contributed by atoms with E-state index in [1.807, 2.05) is 13.1 Å². The Morgan fingerprint density at radius 3 is 2.68 bits per heavy atom. The van der Waals surface area contributed by atoms with Crippen molar-refractivity contribution in [2.45, 2.75) is 52.5 Å². The zero-order chi connectivity index (χ0) is 14.0. The number of nitrogens with zero attached hydrogens (tertiary/aromatic N) is 3. The molecule has 0 aromatic carbocycles. The fourth-order valence-electron chi connectivity index (χ4n) is 2.78. The maximum absolute atomic E-state index is 11.3. The molecule has 0 radical (unpaired) electrons. The van der Waals surface area contributed by atoms with Crippen molar-refractivity contribution in [2.75, 3.05) is 0 Å². The minimum atomic E-state index is -0.00535. The Balaban J connectivity index is 2.04. The van der Waals surface area contributed by atoms with E-state index >= 15 is 0 Å². The van der Waals surface area contributed by atoms with Crippen LogP contribution in [0.4, 0.5) is 0 Å². The molecule has 106 valence electrons. The molecule has 1 aromatic heterocycles. The van der Waals surface area contributed by atoms with Crippen LogP contribution in [0.3, 0.4) is 0 Å². The van der Waals surface area contributed by atoms with Crippen LogP contribution in [0.2, 0.25) is 0 Å². The Morgan fingerprint density at radius 2 is 2.11 bits per heavy atom. The van der Waals surface area contributed by atoms with E-state index in [1.54, 1.807) is 17.8 Å². The summed E-state index contributed by atoms with van der Waals surface area (Å²) in [4.78, 5) is 11.3. The van der Waals surface area contributed by atoms with Gasteiger partial charge in [0, 0.05) is 13.1 Å². The van der Waals surface area contributed by atoms with Gasteiger partial charge in [-0.1, -0.05) is 19.1 Å². The average Bonchev–Trinajstić information content (AvgIpc) is 2.84. The van der Waals surface area contributed by atoms with Crippen LogP contribution in [-0.2, 0) is 16.1 Å². The number of amides is 1. The molecule has 1 saturated heterocycles. The number of carbonyl (C=O) groups excluding carboxylic acids is 1. The Labute approximate surface area is 113 Å². The first-order chi connectivity index (χ1) is 8.99. The first kappa shape index (κ1) is 14.0. The number of ether oxygens (including phenoxy) is 1. The fraction of sp³-hybridized carbons (Fsp3) is 0.769. The van der Waals surface area contributed by atoms with Crippen molar-refractivity contribution >= 4 is 5.91 Å². The normalized spacial score (nSPS) is 35.1. The molecule has 0 saturated carbocycles. The molecule has 2 rings (SSSR count). The van der Waals surface area contributed by atoms with Gasteiger partial charge in [0.1, 0.15) is 0 Å². The summed E-state index contributed by atoms with van der Waals surface area (Å²) < 4.78 is 7.84. The molecule has 5 atom stereocenters. The first-order valence-electron chi connectivity index (χ1n) is 6.75. The second-order valence-corrected chi connectivity index (χ2v) is 5.45. The van der Waals surface area contributed by atoms with Crippen LogP contribution in [0.1, 0.15) is 27.7 Å². The third-order valence-electron chi connectivity index (χ3n) is 4.09. The van der Waals surface area contributed by atoms with Gasteiger partial charge in [-0.2, -0.15) is 0 Å². The monoisotopic (exact) mass is 266 g/mol. The van der Waals surface area contributed by atoms with Gasteiger partial charge in [0.25, 0.3) is 0 Å². The molecule has 1 amide bonds. The van der Waals surface area contributed by atoms with E-state index < -0.39 is 0 Å². The highest BCUT2D eigenvalue weighted by Crippen LogP contribution is 2.31. The predicted molar refractivity (Wildman–Crippen MR) is 70.3 cm³/mol. The molecular weight excluding hydrogens is 244 g/mol. The number of carbonyl (C=O) groups is 1. The van der Waals surface area contributed by atoms with Crippen molar-refractivity contribution in [1.82, 2.24) is 20.3 Å². The van der Waals surface area contributed by atoms with E-state index in [0.717, 1.165) is 0 Å². The maximum Gasteiger partial charge on any atom is 0.217 e. The van der Waals surface area contributed by atoms with Crippen LogP contribution in [0.5, 0.6) is 0 Å². The first-order valence-corrected chi connectivity index (χ1v) is 6.75. The van der Waals surface area contributed by atoms with Gasteiger partial charge in [-0.25, -0.2) is 4.68 Å². The van der Waals surface area contributed by atoms with Crippen LogP contribution in [0.25, 0.3) is 0 Å². The lowest BCUT2D eigenvalue weighted by molar-refractivity contribution is -0.135. The summed E-state index contributed by atoms with van der Waals surface area (Å²) in [5.74, 6) is 0.702. The van der Waals surface area contributed by atoms with Crippen molar-refractivity contribution in [2.24, 2.45) is 11.8 Å². The van der Waals surface area contributed by atoms with Crippen molar-refractivity contribution in [3.05, 3.63) is 12.4 Å². The van der Waals surface area contributed by atoms with E-state index in [0.29, 0.717) is 18.4 Å². The zero-order valence-electron chi connectivity index (χ0n) is 11.9. The lowest BCUT2D eigenvalue weighted by Crippen LogP contribution is -2.56. The van der Waals surface area contributed by atoms with Gasteiger partial charge < -0.3 is 10.1 Å². The van der Waals surface area contributed by atoms with Crippen LogP contribution in [0.15, 0.2) is 12.4 Å². The molecule has 1 aromatic rings. The Bertz CT molecular complexity index is 420. The molecule has 0 bridgehead atoms. The van der Waals surface area contributed by atoms with E-state index in [9.17, 15) is 4.79 Å². The van der Waals surface area contributed by atoms with Gasteiger partial charge in [0.15, 0.2) is 0 Å². The van der Waals surface area contributed by atoms with Crippen molar-refractivity contribution in [1.29, 1.82) is 0 Å². The van der Waals surface area contributed by atoms with Crippen molar-refractivity contribution < 1.29 is 9.53 Å². The topological polar surface area (TPSA) is 69.0 Å². The molecule has 0 spiro atoms. The molecule has 6 heteroatoms. The number of nitrogens with one attached hydrogen (secondary N) is 1. The van der Waals surface area contributed by atoms with Gasteiger partial charge >= 0.3 is 0 Å². The number of rotatable bonds is 3. The number of hydrogen-bond acceptors (Lipinski definition) is 4. The molecule has 1 N–H and O–H groups in total. The molecule has 1 aliphatic rings. The summed E-state index contributed by atoms with van der Waals surface area (Å²) in [6, 6.07) is 0.0690. The SMILES string of the molecule is CC(=O)NC1C(C)OC(Cn2ccnn2)C(C)C1C. The average molecular weight is 266 g/mol. The third-order valence-corrected chi connectivity index (χ3v) is 4.09. The molecule has 0 aliphatic carbocycles. The zero-order valence-corrected chi connectivity index (χ0v) is 11.9. The molecule has 1 aliphatic heterocycles. The highest BCUT2D eigenvalue weighted by atomic mass is 16.5. The van der Waals surface area contributed by atoms with E-state index in [2.05, 4.69) is 29.5 Å². The molecule has 5 unspecified atom stereocenters. The third kappa shape index (κ3) is 3.12. The predicted octanol–water partition coefficient (Wildman–Crippen LogP) is 0.842. The largest absolute Gasteiger partial charge is 0.371 e. The lowest BCUT2D eigenvalue weighted by atomic mass is 9.80. The van der Waals surface area contributed by atoms with E-state index in [-0.39, 0.29) is 24.2 Å². The van der Waals surface area contributed by atoms with Crippen LogP contribution < -0.4 is 5.32 Å². The second-order valence-electron chi connectivity index (χ2n) is 5.45. The smallest absolute Gasteiger partial charge is 0.217 e. The fourth-order valence-corrected chi connectivity index (χ4v) is 2.78. The van der Waals surface area contributed by atoms with Gasteiger partial charge in [-0.15, -0.1) is 5.10 Å². The highest BCUT2D eigenvalue weighted by Gasteiger charge is 2.39. The number of aromatic nitrogens is 3. The lowest BCUT2D eigenvalue weighted by Gasteiger charge is -2.44. The van der Waals surface area contributed by atoms with Crippen molar-refractivity contribution in [3.63, 3.8) is 0 Å². The Kier molecular flexibility index (Phi) is 4.19. The molecule has 1 fully saturated rings. The van der Waals surface area contributed by atoms with Crippen molar-refractivity contribution in [3.8, 4) is 0 Å². The standard InChI is InChI=1S/C13H22N4O2/c1-8-9(2)13(15-11(4)18)10(3)19-12(8)7-17-6-5-14-16-17/h5-6,8-10,12-13H,7H2,1-4H3,(H,15,18). The van der Waals surface area contributed by atoms with E-state index in [1.165, 1.54) is 0 Å². The van der Waals surface area contributed by atoms with Gasteiger partial charge in [0.2, 0.25) is 5.91 Å². The molecular formula is C13H22N4O2. The highest BCUT2D eigenvalue weighted by molar-refractivity contribution is 5.73. The maximum atomic E-state index is 11.3. The minimum Gasteiger partial charge on any atom is -0.371 e. The summed E-state index contributed by atoms with van der Waals surface area (Å²) in [7, 11) is 0. The van der Waals surface area contributed by atoms with E-state index in [4.69, 9.17) is 4.74 Å². The number of hydrogen-bond donors (Lipinski definition) is 1. The molecule has 6 nitrogen and oxygen atoms in total. The minimum absolute atomic E-state index is 0.00335. The summed E-state index contributed by atoms with van der Waals surface area (Å²) >= 11 is 0. The molecule has 19 heavy (non-hydrogen) atoms. The summed E-state index contributed by atoms with van der Waals surface area (Å²) in [5, 5.41) is 10.8. The van der Waals surface area contributed by atoms with Gasteiger partial charge in [-0.3, -0.25) is 4.79 Å². The van der Waals surface area contributed by atoms with Gasteiger partial charge in [-0.05, 0) is 18.8 Å². The summed E-state index contributed by atoms with van der Waals surface area (Å²) in [6.45, 7) is 8.58. The molecule has 2 heterocycles. The quantitative estimate of drug-likeness (QED) is 0.880. The van der Waals surface area contributed by atoms with Gasteiger partial charge in [0.05, 0.1) is 31.0 Å². The summed E-state index contributed by atoms with van der Waals surface area (Å²) in [6.07, 6.45) is 3.60. The summed E-state index contributed by atoms with van der Waals surface area (Å²) in [5.41, 5.74) is 0. The van der Waals surface area contributed by atoms with Crippen LogP contribution >= 0.6 is 0 Å². The van der Waals surface area contributed by atoms with Crippen LogP contribution in [-0.4, -0.2) is 39.2 Å². The van der Waals surface area contributed by atoms with Crippen LogP contribution in [0, 0.1) is 11.8 Å². The second kappa shape index (κ2) is 5.69.